The number of nitrogens with zero attached hydrogens (tertiary/aromatic N) is 2. The second-order valence-electron chi connectivity index (χ2n) is 3.47. The Morgan fingerprint density at radius 3 is 2.73 bits per heavy atom. The molecular weight excluding hydrogens is 184 g/mol. The molecule has 0 saturated carbocycles. The van der Waals surface area contributed by atoms with Crippen molar-refractivity contribution in [3.8, 4) is 0 Å². The molecule has 0 N–H and O–H groups in total. The van der Waals surface area contributed by atoms with Gasteiger partial charge >= 0.3 is 0 Å². The zero-order valence-electron chi connectivity index (χ0n) is 8.80. The Hall–Kier alpha value is -1.83. The molecule has 0 saturated heterocycles. The molecule has 1 aromatic carbocycles. The van der Waals surface area contributed by atoms with Crippen molar-refractivity contribution >= 4 is 6.08 Å². The highest BCUT2D eigenvalue weighted by Gasteiger charge is 1.94. The predicted molar refractivity (Wildman–Crippen MR) is 62.4 cm³/mol. The third-order valence-corrected chi connectivity index (χ3v) is 2.33. The fourth-order valence-electron chi connectivity index (χ4n) is 1.46. The summed E-state index contributed by atoms with van der Waals surface area (Å²) in [6.45, 7) is 0. The number of benzene rings is 1. The minimum atomic E-state index is 0.873. The average molecular weight is 198 g/mol. The molecule has 2 rings (SSSR count). The molecule has 1 aromatic heterocycles. The molecule has 0 unspecified atom stereocenters. The summed E-state index contributed by atoms with van der Waals surface area (Å²) in [5.41, 5.74) is 1.23. The van der Waals surface area contributed by atoms with E-state index in [1.807, 2.05) is 42.2 Å². The second-order valence-corrected chi connectivity index (χ2v) is 3.47. The predicted octanol–water partition coefficient (Wildman–Crippen LogP) is 2.68. The van der Waals surface area contributed by atoms with Gasteiger partial charge in [-0.2, -0.15) is 0 Å². The first-order valence-corrected chi connectivity index (χ1v) is 5.04. The van der Waals surface area contributed by atoms with Crippen LogP contribution in [0.1, 0.15) is 11.4 Å². The van der Waals surface area contributed by atoms with Crippen LogP contribution in [0, 0.1) is 0 Å². The molecule has 0 bridgehead atoms. The first-order chi connectivity index (χ1) is 7.36. The van der Waals surface area contributed by atoms with Crippen LogP contribution in [0.25, 0.3) is 6.08 Å². The molecule has 2 aromatic rings. The van der Waals surface area contributed by atoms with Crippen LogP contribution >= 0.6 is 0 Å². The Bertz CT molecular complexity index is 441. The molecule has 76 valence electrons. The molecule has 0 aliphatic rings. The van der Waals surface area contributed by atoms with Crippen LogP contribution in [0.15, 0.2) is 48.8 Å². The van der Waals surface area contributed by atoms with E-state index >= 15 is 0 Å². The second kappa shape index (κ2) is 4.60. The van der Waals surface area contributed by atoms with Gasteiger partial charge in [0.2, 0.25) is 0 Å². The molecule has 0 atom stereocenters. The lowest BCUT2D eigenvalue weighted by Crippen LogP contribution is -1.94. The molecule has 0 amide bonds. The number of hydrogen-bond donors (Lipinski definition) is 0. The SMILES string of the molecule is Cn1ccnc1C/C=C/c1ccccc1. The summed E-state index contributed by atoms with van der Waals surface area (Å²) in [4.78, 5) is 4.26. The zero-order valence-corrected chi connectivity index (χ0v) is 8.80. The lowest BCUT2D eigenvalue weighted by atomic mass is 10.2. The van der Waals surface area contributed by atoms with Gasteiger partial charge < -0.3 is 4.57 Å². The minimum Gasteiger partial charge on any atom is -0.338 e. The van der Waals surface area contributed by atoms with Crippen LogP contribution in [-0.2, 0) is 13.5 Å². The first-order valence-electron chi connectivity index (χ1n) is 5.04. The lowest BCUT2D eigenvalue weighted by molar-refractivity contribution is 0.830. The van der Waals surface area contributed by atoms with Crippen LogP contribution in [0.4, 0.5) is 0 Å². The van der Waals surface area contributed by atoms with Crippen molar-refractivity contribution in [3.05, 3.63) is 60.2 Å². The lowest BCUT2D eigenvalue weighted by Gasteiger charge is -1.96. The van der Waals surface area contributed by atoms with Gasteiger partial charge in [0, 0.05) is 25.9 Å². The smallest absolute Gasteiger partial charge is 0.112 e. The number of rotatable bonds is 3. The normalized spacial score (nSPS) is 11.0. The Morgan fingerprint density at radius 1 is 1.27 bits per heavy atom. The van der Waals surface area contributed by atoms with Gasteiger partial charge in [-0.3, -0.25) is 0 Å². The highest BCUT2D eigenvalue weighted by atomic mass is 15.0. The van der Waals surface area contributed by atoms with Crippen molar-refractivity contribution in [2.24, 2.45) is 7.05 Å². The standard InChI is InChI=1S/C13H14N2/c1-15-11-10-14-13(15)9-5-8-12-6-3-2-4-7-12/h2-8,10-11H,9H2,1H3/b8-5+. The Morgan fingerprint density at radius 2 is 2.07 bits per heavy atom. The molecule has 15 heavy (non-hydrogen) atoms. The molecule has 0 fully saturated rings. The monoisotopic (exact) mass is 198 g/mol. The van der Waals surface area contributed by atoms with Gasteiger partial charge in [-0.25, -0.2) is 4.98 Å². The fourth-order valence-corrected chi connectivity index (χ4v) is 1.46. The van der Waals surface area contributed by atoms with Crippen LogP contribution in [0.5, 0.6) is 0 Å². The number of allylic oxidation sites excluding steroid dienone is 1. The van der Waals surface area contributed by atoms with Crippen LogP contribution in [-0.4, -0.2) is 9.55 Å². The maximum atomic E-state index is 4.26. The number of aromatic nitrogens is 2. The number of hydrogen-bond acceptors (Lipinski definition) is 1. The Balaban J connectivity index is 2.00. The first kappa shape index (κ1) is 9.71. The van der Waals surface area contributed by atoms with E-state index in [0.717, 1.165) is 12.2 Å². The summed E-state index contributed by atoms with van der Waals surface area (Å²) in [7, 11) is 2.01. The zero-order chi connectivity index (χ0) is 10.5. The van der Waals surface area contributed by atoms with Gasteiger partial charge in [0.05, 0.1) is 0 Å². The van der Waals surface area contributed by atoms with Gasteiger partial charge in [0.1, 0.15) is 5.82 Å². The highest BCUT2D eigenvalue weighted by molar-refractivity contribution is 5.48. The molecule has 2 nitrogen and oxygen atoms in total. The summed E-state index contributed by atoms with van der Waals surface area (Å²) in [6, 6.07) is 10.3. The topological polar surface area (TPSA) is 17.8 Å². The van der Waals surface area contributed by atoms with E-state index < -0.39 is 0 Å². The van der Waals surface area contributed by atoms with E-state index in [2.05, 4.69) is 29.3 Å². The Labute approximate surface area is 89.9 Å². The van der Waals surface area contributed by atoms with Crippen LogP contribution in [0.2, 0.25) is 0 Å². The molecule has 0 aliphatic heterocycles. The highest BCUT2D eigenvalue weighted by Crippen LogP contribution is 2.03. The minimum absolute atomic E-state index is 0.873. The van der Waals surface area contributed by atoms with Crippen molar-refractivity contribution in [3.63, 3.8) is 0 Å². The summed E-state index contributed by atoms with van der Waals surface area (Å²) < 4.78 is 2.04. The third-order valence-electron chi connectivity index (χ3n) is 2.33. The van der Waals surface area contributed by atoms with Gasteiger partial charge in [0.25, 0.3) is 0 Å². The van der Waals surface area contributed by atoms with E-state index in [1.165, 1.54) is 5.56 Å². The average Bonchev–Trinajstić information content (AvgIpc) is 2.66. The van der Waals surface area contributed by atoms with Gasteiger partial charge in [0.15, 0.2) is 0 Å². The third kappa shape index (κ3) is 2.56. The van der Waals surface area contributed by atoms with Crippen molar-refractivity contribution in [2.45, 2.75) is 6.42 Å². The van der Waals surface area contributed by atoms with E-state index in [0.29, 0.717) is 0 Å². The summed E-state index contributed by atoms with van der Waals surface area (Å²) in [6.07, 6.45) is 8.92. The van der Waals surface area contributed by atoms with Crippen molar-refractivity contribution in [1.82, 2.24) is 9.55 Å². The molecular formula is C13H14N2. The van der Waals surface area contributed by atoms with Gasteiger partial charge in [-0.15, -0.1) is 0 Å². The molecule has 2 heteroatoms. The molecule has 0 radical (unpaired) electrons. The largest absolute Gasteiger partial charge is 0.338 e. The summed E-state index contributed by atoms with van der Waals surface area (Å²) >= 11 is 0. The van der Waals surface area contributed by atoms with Crippen LogP contribution in [0.3, 0.4) is 0 Å². The quantitative estimate of drug-likeness (QED) is 0.741. The van der Waals surface area contributed by atoms with Crippen molar-refractivity contribution < 1.29 is 0 Å². The van der Waals surface area contributed by atoms with Crippen LogP contribution < -0.4 is 0 Å². The van der Waals surface area contributed by atoms with E-state index in [-0.39, 0.29) is 0 Å². The maximum Gasteiger partial charge on any atom is 0.112 e. The summed E-state index contributed by atoms with van der Waals surface area (Å²) in [5, 5.41) is 0. The maximum absolute atomic E-state index is 4.26. The molecule has 0 aliphatic carbocycles. The van der Waals surface area contributed by atoms with E-state index in [9.17, 15) is 0 Å². The van der Waals surface area contributed by atoms with E-state index in [4.69, 9.17) is 0 Å². The number of aryl methyl sites for hydroxylation is 1. The fraction of sp³-hybridized carbons (Fsp3) is 0.154. The van der Waals surface area contributed by atoms with E-state index in [1.54, 1.807) is 0 Å². The molecule has 1 heterocycles. The van der Waals surface area contributed by atoms with Crippen molar-refractivity contribution in [1.29, 1.82) is 0 Å². The van der Waals surface area contributed by atoms with Gasteiger partial charge in [-0.05, 0) is 5.56 Å². The Kier molecular flexibility index (Phi) is 2.98. The molecule has 0 spiro atoms. The number of imidazole rings is 1. The summed E-state index contributed by atoms with van der Waals surface area (Å²) in [5.74, 6) is 1.09. The van der Waals surface area contributed by atoms with Gasteiger partial charge in [-0.1, -0.05) is 42.5 Å². The van der Waals surface area contributed by atoms with Crippen molar-refractivity contribution in [2.75, 3.05) is 0 Å².